The minimum atomic E-state index is -0.0127. The van der Waals surface area contributed by atoms with Crippen LogP contribution in [0, 0.1) is 0 Å². The van der Waals surface area contributed by atoms with E-state index in [2.05, 4.69) is 29.2 Å². The van der Waals surface area contributed by atoms with Crippen LogP contribution in [0.5, 0.6) is 0 Å². The van der Waals surface area contributed by atoms with Crippen LogP contribution in [0.25, 0.3) is 0 Å². The molecular formula is C18H23N3O2S. The zero-order chi connectivity index (χ0) is 16.8. The highest BCUT2D eigenvalue weighted by Gasteiger charge is 2.28. The number of hydrogen-bond donors (Lipinski definition) is 1. The highest BCUT2D eigenvalue weighted by atomic mass is 32.1. The molecule has 0 saturated carbocycles. The summed E-state index contributed by atoms with van der Waals surface area (Å²) in [4.78, 5) is 18.5. The van der Waals surface area contributed by atoms with Crippen molar-refractivity contribution in [2.45, 2.75) is 31.9 Å². The molecule has 6 heteroatoms. The fourth-order valence-electron chi connectivity index (χ4n) is 2.88. The van der Waals surface area contributed by atoms with Crippen LogP contribution < -0.4 is 5.73 Å². The predicted molar refractivity (Wildman–Crippen MR) is 95.0 cm³/mol. The van der Waals surface area contributed by atoms with Crippen LogP contribution in [0.15, 0.2) is 35.7 Å². The van der Waals surface area contributed by atoms with E-state index in [1.54, 1.807) is 5.38 Å². The van der Waals surface area contributed by atoms with Crippen molar-refractivity contribution in [1.82, 2.24) is 9.88 Å². The van der Waals surface area contributed by atoms with Gasteiger partial charge in [-0.2, -0.15) is 0 Å². The van der Waals surface area contributed by atoms with Gasteiger partial charge in [0.2, 0.25) is 0 Å². The molecule has 128 valence electrons. The molecule has 0 spiro atoms. The predicted octanol–water partition coefficient (Wildman–Crippen LogP) is 2.47. The summed E-state index contributed by atoms with van der Waals surface area (Å²) < 4.78 is 5.94. The standard InChI is InChI=1S/C18H23N3O2S/c19-11-17-20-16(13-24-17)18(22)21-9-8-15(12-21)23-10-4-7-14-5-2-1-3-6-14/h1-3,5-6,13,15H,4,7-12,19H2. The van der Waals surface area contributed by atoms with Crippen molar-refractivity contribution in [2.75, 3.05) is 19.7 Å². The first-order valence-electron chi connectivity index (χ1n) is 8.35. The van der Waals surface area contributed by atoms with Crippen molar-refractivity contribution < 1.29 is 9.53 Å². The lowest BCUT2D eigenvalue weighted by Gasteiger charge is -2.15. The number of nitrogens with zero attached hydrogens (tertiary/aromatic N) is 2. The second kappa shape index (κ2) is 8.37. The van der Waals surface area contributed by atoms with E-state index in [4.69, 9.17) is 10.5 Å². The summed E-state index contributed by atoms with van der Waals surface area (Å²) in [5.41, 5.74) is 7.39. The number of benzene rings is 1. The number of ether oxygens (including phenoxy) is 1. The number of aromatic nitrogens is 1. The summed E-state index contributed by atoms with van der Waals surface area (Å²) in [7, 11) is 0. The Morgan fingerprint density at radius 1 is 1.38 bits per heavy atom. The molecule has 1 amide bonds. The molecule has 1 atom stereocenters. The Bertz CT molecular complexity index is 659. The number of nitrogens with two attached hydrogens (primary N) is 1. The minimum absolute atomic E-state index is 0.0127. The average Bonchev–Trinajstić information content (AvgIpc) is 3.28. The molecule has 2 heterocycles. The van der Waals surface area contributed by atoms with Gasteiger partial charge in [0.25, 0.3) is 5.91 Å². The first-order valence-corrected chi connectivity index (χ1v) is 9.23. The summed E-state index contributed by atoms with van der Waals surface area (Å²) in [6.07, 6.45) is 3.06. The lowest BCUT2D eigenvalue weighted by molar-refractivity contribution is 0.0523. The Labute approximate surface area is 146 Å². The molecule has 1 aromatic heterocycles. The van der Waals surface area contributed by atoms with Crippen LogP contribution in [0.4, 0.5) is 0 Å². The van der Waals surface area contributed by atoms with E-state index >= 15 is 0 Å². The monoisotopic (exact) mass is 345 g/mol. The second-order valence-electron chi connectivity index (χ2n) is 5.95. The average molecular weight is 345 g/mol. The molecule has 1 saturated heterocycles. The summed E-state index contributed by atoms with van der Waals surface area (Å²) in [6.45, 7) is 2.50. The SMILES string of the molecule is NCc1nc(C(=O)N2CCC(OCCCc3ccccc3)C2)cs1. The maximum absolute atomic E-state index is 12.4. The molecule has 5 nitrogen and oxygen atoms in total. The van der Waals surface area contributed by atoms with Gasteiger partial charge in [0.15, 0.2) is 0 Å². The normalized spacial score (nSPS) is 17.4. The van der Waals surface area contributed by atoms with E-state index < -0.39 is 0 Å². The molecule has 0 bridgehead atoms. The molecule has 1 aromatic carbocycles. The van der Waals surface area contributed by atoms with Crippen molar-refractivity contribution >= 4 is 17.2 Å². The molecule has 1 aliphatic rings. The van der Waals surface area contributed by atoms with Crippen LogP contribution in [0.1, 0.15) is 33.9 Å². The van der Waals surface area contributed by atoms with Gasteiger partial charge in [-0.1, -0.05) is 30.3 Å². The van der Waals surface area contributed by atoms with E-state index in [0.29, 0.717) is 18.8 Å². The Balaban J connectivity index is 1.39. The van der Waals surface area contributed by atoms with E-state index in [1.165, 1.54) is 16.9 Å². The van der Waals surface area contributed by atoms with E-state index in [9.17, 15) is 4.79 Å². The maximum Gasteiger partial charge on any atom is 0.273 e. The second-order valence-corrected chi connectivity index (χ2v) is 6.90. The van der Waals surface area contributed by atoms with Gasteiger partial charge < -0.3 is 15.4 Å². The number of amides is 1. The van der Waals surface area contributed by atoms with Gasteiger partial charge in [0, 0.05) is 31.6 Å². The molecule has 1 unspecified atom stereocenters. The number of rotatable bonds is 7. The van der Waals surface area contributed by atoms with Gasteiger partial charge in [0.05, 0.1) is 6.10 Å². The highest BCUT2D eigenvalue weighted by molar-refractivity contribution is 7.09. The summed E-state index contributed by atoms with van der Waals surface area (Å²) in [5, 5.41) is 2.59. The van der Waals surface area contributed by atoms with Gasteiger partial charge >= 0.3 is 0 Å². The van der Waals surface area contributed by atoms with Crippen LogP contribution in [0.3, 0.4) is 0 Å². The number of aryl methyl sites for hydroxylation is 1. The van der Waals surface area contributed by atoms with Crippen molar-refractivity contribution in [2.24, 2.45) is 5.73 Å². The molecule has 1 fully saturated rings. The molecule has 0 aliphatic carbocycles. The molecular weight excluding hydrogens is 322 g/mol. The summed E-state index contributed by atoms with van der Waals surface area (Å²) in [6, 6.07) is 10.4. The highest BCUT2D eigenvalue weighted by Crippen LogP contribution is 2.18. The molecule has 2 N–H and O–H groups in total. The maximum atomic E-state index is 12.4. The minimum Gasteiger partial charge on any atom is -0.376 e. The third-order valence-corrected chi connectivity index (χ3v) is 5.06. The zero-order valence-corrected chi connectivity index (χ0v) is 14.5. The Morgan fingerprint density at radius 2 is 2.21 bits per heavy atom. The first-order chi connectivity index (χ1) is 11.8. The Hall–Kier alpha value is -1.76. The Morgan fingerprint density at radius 3 is 2.96 bits per heavy atom. The number of carbonyl (C=O) groups is 1. The van der Waals surface area contributed by atoms with Crippen molar-refractivity contribution in [3.8, 4) is 0 Å². The third kappa shape index (κ3) is 4.41. The van der Waals surface area contributed by atoms with Crippen LogP contribution in [-0.2, 0) is 17.7 Å². The fraction of sp³-hybridized carbons (Fsp3) is 0.444. The third-order valence-electron chi connectivity index (χ3n) is 4.18. The summed E-state index contributed by atoms with van der Waals surface area (Å²) in [5.74, 6) is -0.0127. The first kappa shape index (κ1) is 17.1. The van der Waals surface area contributed by atoms with Crippen LogP contribution in [0.2, 0.25) is 0 Å². The van der Waals surface area contributed by atoms with Gasteiger partial charge in [-0.3, -0.25) is 4.79 Å². The number of thiazole rings is 1. The topological polar surface area (TPSA) is 68.5 Å². The van der Waals surface area contributed by atoms with Gasteiger partial charge in [0.1, 0.15) is 10.7 Å². The van der Waals surface area contributed by atoms with Crippen LogP contribution >= 0.6 is 11.3 Å². The zero-order valence-electron chi connectivity index (χ0n) is 13.7. The molecule has 2 aromatic rings. The largest absolute Gasteiger partial charge is 0.376 e. The van der Waals surface area contributed by atoms with Crippen molar-refractivity contribution in [3.63, 3.8) is 0 Å². The van der Waals surface area contributed by atoms with Crippen molar-refractivity contribution in [3.05, 3.63) is 52.0 Å². The molecule has 3 rings (SSSR count). The fourth-order valence-corrected chi connectivity index (χ4v) is 3.53. The van der Waals surface area contributed by atoms with Crippen molar-refractivity contribution in [1.29, 1.82) is 0 Å². The quantitative estimate of drug-likeness (QED) is 0.783. The van der Waals surface area contributed by atoms with Gasteiger partial charge in [-0.25, -0.2) is 4.98 Å². The smallest absolute Gasteiger partial charge is 0.273 e. The van der Waals surface area contributed by atoms with E-state index in [1.807, 2.05) is 11.0 Å². The lowest BCUT2D eigenvalue weighted by Crippen LogP contribution is -2.30. The lowest BCUT2D eigenvalue weighted by atomic mass is 10.1. The van der Waals surface area contributed by atoms with Gasteiger partial charge in [-0.15, -0.1) is 11.3 Å². The van der Waals surface area contributed by atoms with E-state index in [-0.39, 0.29) is 12.0 Å². The summed E-state index contributed by atoms with van der Waals surface area (Å²) >= 11 is 1.44. The van der Waals surface area contributed by atoms with Crippen LogP contribution in [-0.4, -0.2) is 41.6 Å². The number of carbonyl (C=O) groups excluding carboxylic acids is 1. The van der Waals surface area contributed by atoms with E-state index in [0.717, 1.165) is 37.4 Å². The van der Waals surface area contributed by atoms with Gasteiger partial charge in [-0.05, 0) is 24.8 Å². The molecule has 24 heavy (non-hydrogen) atoms. The number of likely N-dealkylation sites (tertiary alicyclic amines) is 1. The number of hydrogen-bond acceptors (Lipinski definition) is 5. The Kier molecular flexibility index (Phi) is 5.96. The molecule has 1 aliphatic heterocycles. The molecule has 0 radical (unpaired) electrons.